The van der Waals surface area contributed by atoms with Gasteiger partial charge >= 0.3 is 0 Å². The molecule has 0 spiro atoms. The third kappa shape index (κ3) is 4.50. The Balaban J connectivity index is 1.97. The molecule has 1 aromatic rings. The zero-order valence-corrected chi connectivity index (χ0v) is 14.3. The van der Waals surface area contributed by atoms with Crippen LogP contribution in [0.4, 0.5) is 5.69 Å². The fourth-order valence-corrected chi connectivity index (χ4v) is 3.38. The number of hydrogen-bond donors (Lipinski definition) is 2. The van der Waals surface area contributed by atoms with E-state index in [-0.39, 0.29) is 17.7 Å². The summed E-state index contributed by atoms with van der Waals surface area (Å²) >= 11 is 1.85. The molecule has 1 saturated heterocycles. The molecule has 0 radical (unpaired) electrons. The van der Waals surface area contributed by atoms with Gasteiger partial charge in [0.25, 0.3) is 0 Å². The predicted molar refractivity (Wildman–Crippen MR) is 91.2 cm³/mol. The normalized spacial score (nSPS) is 19.4. The lowest BCUT2D eigenvalue weighted by molar-refractivity contribution is -0.126. The molecular formula is C17H24N2O2S. The van der Waals surface area contributed by atoms with E-state index < -0.39 is 0 Å². The van der Waals surface area contributed by atoms with Crippen molar-refractivity contribution in [1.82, 2.24) is 5.32 Å². The fourth-order valence-electron chi connectivity index (χ4n) is 2.36. The van der Waals surface area contributed by atoms with Crippen LogP contribution in [0, 0.1) is 12.8 Å². The maximum Gasteiger partial charge on any atom is 0.229 e. The van der Waals surface area contributed by atoms with Gasteiger partial charge in [-0.1, -0.05) is 13.8 Å². The van der Waals surface area contributed by atoms with Crippen molar-refractivity contribution in [2.45, 2.75) is 50.2 Å². The first-order valence-electron chi connectivity index (χ1n) is 7.84. The number of nitrogens with one attached hydrogen (secondary N) is 2. The monoisotopic (exact) mass is 320 g/mol. The maximum atomic E-state index is 12.3. The number of carbonyl (C=O) groups is 2. The van der Waals surface area contributed by atoms with Crippen LogP contribution in [-0.4, -0.2) is 23.6 Å². The third-order valence-corrected chi connectivity index (χ3v) is 5.27. The molecule has 5 heteroatoms. The Labute approximate surface area is 136 Å². The SMILES string of the molecule is CC[C@@H](C)Sc1ccc(NC(=O)[C@@H]2CCC(=O)NC2)c(C)c1. The summed E-state index contributed by atoms with van der Waals surface area (Å²) in [5.41, 5.74) is 1.93. The first kappa shape index (κ1) is 16.9. The zero-order valence-electron chi connectivity index (χ0n) is 13.4. The zero-order chi connectivity index (χ0) is 16.1. The Bertz CT molecular complexity index is 550. The highest BCUT2D eigenvalue weighted by atomic mass is 32.2. The summed E-state index contributed by atoms with van der Waals surface area (Å²) in [4.78, 5) is 24.6. The molecule has 2 atom stereocenters. The minimum absolute atomic E-state index is 0.00886. The maximum absolute atomic E-state index is 12.3. The predicted octanol–water partition coefficient (Wildman–Crippen LogP) is 3.35. The highest BCUT2D eigenvalue weighted by molar-refractivity contribution is 7.99. The van der Waals surface area contributed by atoms with Crippen LogP contribution in [-0.2, 0) is 9.59 Å². The second kappa shape index (κ2) is 7.68. The molecule has 120 valence electrons. The summed E-state index contributed by atoms with van der Waals surface area (Å²) in [5.74, 6) is -0.108. The van der Waals surface area contributed by atoms with Crippen LogP contribution in [0.1, 0.15) is 38.7 Å². The van der Waals surface area contributed by atoms with Crippen molar-refractivity contribution in [2.75, 3.05) is 11.9 Å². The first-order chi connectivity index (χ1) is 10.5. The molecule has 1 aromatic carbocycles. The molecule has 1 fully saturated rings. The van der Waals surface area contributed by atoms with E-state index in [1.54, 1.807) is 0 Å². The molecule has 2 N–H and O–H groups in total. The van der Waals surface area contributed by atoms with E-state index in [9.17, 15) is 9.59 Å². The minimum atomic E-state index is -0.133. The minimum Gasteiger partial charge on any atom is -0.355 e. The highest BCUT2D eigenvalue weighted by Gasteiger charge is 2.24. The highest BCUT2D eigenvalue weighted by Crippen LogP contribution is 2.28. The number of carbonyl (C=O) groups excluding carboxylic acids is 2. The summed E-state index contributed by atoms with van der Waals surface area (Å²) in [6.07, 6.45) is 2.19. The quantitative estimate of drug-likeness (QED) is 0.818. The van der Waals surface area contributed by atoms with E-state index in [0.717, 1.165) is 17.7 Å². The average Bonchev–Trinajstić information content (AvgIpc) is 2.50. The van der Waals surface area contributed by atoms with Gasteiger partial charge in [0.15, 0.2) is 0 Å². The molecule has 2 rings (SSSR count). The van der Waals surface area contributed by atoms with E-state index in [2.05, 4.69) is 36.6 Å². The van der Waals surface area contributed by atoms with Crippen LogP contribution in [0.25, 0.3) is 0 Å². The smallest absolute Gasteiger partial charge is 0.229 e. The van der Waals surface area contributed by atoms with Crippen LogP contribution in [0.2, 0.25) is 0 Å². The molecule has 0 bridgehead atoms. The molecule has 0 unspecified atom stereocenters. The van der Waals surface area contributed by atoms with Gasteiger partial charge in [0.1, 0.15) is 0 Å². The van der Waals surface area contributed by atoms with Gasteiger partial charge in [-0.15, -0.1) is 11.8 Å². The fraction of sp³-hybridized carbons (Fsp3) is 0.529. The van der Waals surface area contributed by atoms with Crippen molar-refractivity contribution in [2.24, 2.45) is 5.92 Å². The third-order valence-electron chi connectivity index (χ3n) is 4.00. The molecule has 0 saturated carbocycles. The van der Waals surface area contributed by atoms with Crippen molar-refractivity contribution in [3.63, 3.8) is 0 Å². The van der Waals surface area contributed by atoms with Gasteiger partial charge in [-0.05, 0) is 43.5 Å². The first-order valence-corrected chi connectivity index (χ1v) is 8.72. The summed E-state index contributed by atoms with van der Waals surface area (Å²) in [7, 11) is 0. The van der Waals surface area contributed by atoms with E-state index in [4.69, 9.17) is 0 Å². The standard InChI is InChI=1S/C17H24N2O2S/c1-4-12(3)22-14-6-7-15(11(2)9-14)19-17(21)13-5-8-16(20)18-10-13/h6-7,9,12-13H,4-5,8,10H2,1-3H3,(H,18,20)(H,19,21)/t12-,13-/m1/s1. The second-order valence-electron chi connectivity index (χ2n) is 5.84. The van der Waals surface area contributed by atoms with E-state index in [0.29, 0.717) is 24.6 Å². The molecule has 2 amide bonds. The Morgan fingerprint density at radius 3 is 2.86 bits per heavy atom. The number of amides is 2. The molecule has 1 aliphatic rings. The van der Waals surface area contributed by atoms with Gasteiger partial charge in [0.2, 0.25) is 11.8 Å². The van der Waals surface area contributed by atoms with E-state index >= 15 is 0 Å². The van der Waals surface area contributed by atoms with Crippen LogP contribution in [0.5, 0.6) is 0 Å². The van der Waals surface area contributed by atoms with E-state index in [1.807, 2.05) is 24.8 Å². The summed E-state index contributed by atoms with van der Waals surface area (Å²) < 4.78 is 0. The number of benzene rings is 1. The second-order valence-corrected chi connectivity index (χ2v) is 7.35. The number of anilines is 1. The average molecular weight is 320 g/mol. The van der Waals surface area contributed by atoms with Crippen molar-refractivity contribution < 1.29 is 9.59 Å². The van der Waals surface area contributed by atoms with Gasteiger partial charge in [-0.3, -0.25) is 9.59 Å². The number of rotatable bonds is 5. The lowest BCUT2D eigenvalue weighted by Crippen LogP contribution is -2.40. The number of piperidine rings is 1. The number of hydrogen-bond acceptors (Lipinski definition) is 3. The Hall–Kier alpha value is -1.49. The van der Waals surface area contributed by atoms with Crippen molar-refractivity contribution in [3.05, 3.63) is 23.8 Å². The Morgan fingerprint density at radius 1 is 1.50 bits per heavy atom. The van der Waals surface area contributed by atoms with Gasteiger partial charge in [-0.2, -0.15) is 0 Å². The summed E-state index contributed by atoms with van der Waals surface area (Å²) in [6, 6.07) is 6.15. The molecule has 0 aliphatic carbocycles. The molecule has 4 nitrogen and oxygen atoms in total. The van der Waals surface area contributed by atoms with Gasteiger partial charge in [0.05, 0.1) is 5.92 Å². The molecule has 22 heavy (non-hydrogen) atoms. The number of thioether (sulfide) groups is 1. The van der Waals surface area contributed by atoms with Crippen LogP contribution < -0.4 is 10.6 Å². The largest absolute Gasteiger partial charge is 0.355 e. The summed E-state index contributed by atoms with van der Waals surface area (Å²) in [5, 5.41) is 6.33. The Kier molecular flexibility index (Phi) is 5.89. The molecular weight excluding hydrogens is 296 g/mol. The van der Waals surface area contributed by atoms with Gasteiger partial charge in [-0.25, -0.2) is 0 Å². The van der Waals surface area contributed by atoms with Gasteiger partial charge < -0.3 is 10.6 Å². The van der Waals surface area contributed by atoms with Crippen LogP contribution >= 0.6 is 11.8 Å². The van der Waals surface area contributed by atoms with Crippen molar-refractivity contribution in [1.29, 1.82) is 0 Å². The molecule has 1 aliphatic heterocycles. The molecule has 0 aromatic heterocycles. The van der Waals surface area contributed by atoms with E-state index in [1.165, 1.54) is 4.90 Å². The van der Waals surface area contributed by atoms with Crippen molar-refractivity contribution in [3.8, 4) is 0 Å². The lowest BCUT2D eigenvalue weighted by Gasteiger charge is -2.22. The number of aryl methyl sites for hydroxylation is 1. The van der Waals surface area contributed by atoms with Crippen LogP contribution in [0.15, 0.2) is 23.1 Å². The molecule has 1 heterocycles. The van der Waals surface area contributed by atoms with Crippen LogP contribution in [0.3, 0.4) is 0 Å². The Morgan fingerprint density at radius 2 is 2.27 bits per heavy atom. The topological polar surface area (TPSA) is 58.2 Å². The van der Waals surface area contributed by atoms with Crippen molar-refractivity contribution >= 4 is 29.3 Å². The summed E-state index contributed by atoms with van der Waals surface area (Å²) in [6.45, 7) is 6.85. The lowest BCUT2D eigenvalue weighted by atomic mass is 9.98. The van der Waals surface area contributed by atoms with Gasteiger partial charge in [0, 0.05) is 28.8 Å².